The maximum Gasteiger partial charge on any atom is 0.237 e. The van der Waals surface area contributed by atoms with Gasteiger partial charge >= 0.3 is 0 Å². The van der Waals surface area contributed by atoms with Crippen LogP contribution >= 0.6 is 0 Å². The van der Waals surface area contributed by atoms with Crippen molar-refractivity contribution in [2.24, 2.45) is 7.05 Å². The molecule has 1 N–H and O–H groups in total. The summed E-state index contributed by atoms with van der Waals surface area (Å²) in [5, 5.41) is 7.27. The van der Waals surface area contributed by atoms with Crippen LogP contribution in [0.3, 0.4) is 0 Å². The number of fused-ring (bicyclic) bond motifs is 2. The second-order valence-corrected chi connectivity index (χ2v) is 7.95. The van der Waals surface area contributed by atoms with Gasteiger partial charge in [0.25, 0.3) is 0 Å². The van der Waals surface area contributed by atoms with Crippen LogP contribution < -0.4 is 5.32 Å². The number of benzene rings is 1. The van der Waals surface area contributed by atoms with E-state index in [1.165, 1.54) is 4.90 Å². The molecule has 152 valence electrons. The second-order valence-electron chi connectivity index (χ2n) is 7.95. The average Bonchev–Trinajstić information content (AvgIpc) is 3.37. The first-order valence-corrected chi connectivity index (χ1v) is 9.73. The SMILES string of the molecule is CN(C)C(=O)CCC(=O)N1CC[C@]2(C(=O)Nc3ccccc32)[C@@H]1c1cnn(C)c1. The Hall–Kier alpha value is -3.16. The summed E-state index contributed by atoms with van der Waals surface area (Å²) < 4.78 is 1.68. The molecule has 1 spiro atoms. The molecule has 2 aliphatic rings. The Bertz CT molecular complexity index is 982. The summed E-state index contributed by atoms with van der Waals surface area (Å²) in [7, 11) is 5.17. The highest BCUT2D eigenvalue weighted by molar-refractivity contribution is 6.07. The molecular formula is C21H25N5O3. The molecule has 4 rings (SSSR count). The summed E-state index contributed by atoms with van der Waals surface area (Å²) in [6.07, 6.45) is 4.38. The fraction of sp³-hybridized carbons (Fsp3) is 0.429. The van der Waals surface area contributed by atoms with E-state index < -0.39 is 11.5 Å². The van der Waals surface area contributed by atoms with E-state index in [1.807, 2.05) is 37.5 Å². The van der Waals surface area contributed by atoms with Crippen LogP contribution in [-0.2, 0) is 26.8 Å². The number of aryl methyl sites for hydroxylation is 1. The zero-order valence-corrected chi connectivity index (χ0v) is 16.9. The van der Waals surface area contributed by atoms with E-state index >= 15 is 0 Å². The van der Waals surface area contributed by atoms with Crippen LogP contribution in [0.5, 0.6) is 0 Å². The van der Waals surface area contributed by atoms with E-state index in [-0.39, 0.29) is 30.6 Å². The van der Waals surface area contributed by atoms with Gasteiger partial charge in [0.05, 0.1) is 12.2 Å². The van der Waals surface area contributed by atoms with E-state index in [0.717, 1.165) is 16.8 Å². The highest BCUT2D eigenvalue weighted by atomic mass is 16.2. The van der Waals surface area contributed by atoms with Crippen LogP contribution in [0, 0.1) is 0 Å². The molecule has 0 unspecified atom stereocenters. The number of carbonyl (C=O) groups is 3. The fourth-order valence-corrected chi connectivity index (χ4v) is 4.58. The normalized spacial score (nSPS) is 22.7. The molecular weight excluding hydrogens is 370 g/mol. The maximum atomic E-state index is 13.2. The number of nitrogens with one attached hydrogen (secondary N) is 1. The van der Waals surface area contributed by atoms with Gasteiger partial charge in [0, 0.05) is 58.0 Å². The van der Waals surface area contributed by atoms with Crippen molar-refractivity contribution in [2.75, 3.05) is 26.0 Å². The maximum absolute atomic E-state index is 13.2. The fourth-order valence-electron chi connectivity index (χ4n) is 4.58. The standard InChI is InChI=1S/C21H25N5O3/c1-24(2)17(27)8-9-18(28)26-11-10-21(19(26)14-12-22-25(3)13-14)15-6-4-5-7-16(15)23-20(21)29/h4-7,12-13,19H,8-11H2,1-3H3,(H,23,29)/t19-,21+/m0/s1. The highest BCUT2D eigenvalue weighted by Crippen LogP contribution is 2.54. The third-order valence-corrected chi connectivity index (χ3v) is 6.00. The van der Waals surface area contributed by atoms with Gasteiger partial charge in [-0.2, -0.15) is 5.10 Å². The summed E-state index contributed by atoms with van der Waals surface area (Å²) >= 11 is 0. The summed E-state index contributed by atoms with van der Waals surface area (Å²) in [6, 6.07) is 7.20. The zero-order chi connectivity index (χ0) is 20.8. The Labute approximate surface area is 169 Å². The Morgan fingerprint density at radius 2 is 2.03 bits per heavy atom. The first-order chi connectivity index (χ1) is 13.8. The van der Waals surface area contributed by atoms with Crippen molar-refractivity contribution in [2.45, 2.75) is 30.7 Å². The minimum atomic E-state index is -0.846. The number of likely N-dealkylation sites (tertiary alicyclic amines) is 1. The largest absolute Gasteiger partial charge is 0.349 e. The summed E-state index contributed by atoms with van der Waals surface area (Å²) in [5.74, 6) is -0.301. The average molecular weight is 395 g/mol. The molecule has 0 saturated carbocycles. The third kappa shape index (κ3) is 2.99. The minimum absolute atomic E-state index is 0.0888. The molecule has 1 saturated heterocycles. The molecule has 1 aromatic heterocycles. The van der Waals surface area contributed by atoms with Crippen molar-refractivity contribution in [3.05, 3.63) is 47.8 Å². The lowest BCUT2D eigenvalue weighted by molar-refractivity contribution is -0.137. The number of carbonyl (C=O) groups excluding carboxylic acids is 3. The predicted octanol–water partition coefficient (Wildman–Crippen LogP) is 1.45. The van der Waals surface area contributed by atoms with Gasteiger partial charge in [0.1, 0.15) is 5.41 Å². The van der Waals surface area contributed by atoms with Gasteiger partial charge < -0.3 is 15.1 Å². The van der Waals surface area contributed by atoms with Gasteiger partial charge in [0.15, 0.2) is 0 Å². The molecule has 29 heavy (non-hydrogen) atoms. The number of hydrogen-bond acceptors (Lipinski definition) is 4. The van der Waals surface area contributed by atoms with Crippen molar-refractivity contribution in [1.29, 1.82) is 0 Å². The highest BCUT2D eigenvalue weighted by Gasteiger charge is 2.59. The van der Waals surface area contributed by atoms with E-state index in [0.29, 0.717) is 13.0 Å². The van der Waals surface area contributed by atoms with E-state index in [4.69, 9.17) is 0 Å². The smallest absolute Gasteiger partial charge is 0.237 e. The quantitative estimate of drug-likeness (QED) is 0.849. The van der Waals surface area contributed by atoms with Crippen molar-refractivity contribution < 1.29 is 14.4 Å². The van der Waals surface area contributed by atoms with Crippen molar-refractivity contribution >= 4 is 23.4 Å². The Kier molecular flexibility index (Phi) is 4.64. The topological polar surface area (TPSA) is 87.5 Å². The lowest BCUT2D eigenvalue weighted by Crippen LogP contribution is -2.42. The van der Waals surface area contributed by atoms with Crippen LogP contribution in [0.2, 0.25) is 0 Å². The molecule has 2 aliphatic heterocycles. The molecule has 8 heteroatoms. The van der Waals surface area contributed by atoms with Crippen molar-refractivity contribution in [1.82, 2.24) is 19.6 Å². The van der Waals surface area contributed by atoms with E-state index in [9.17, 15) is 14.4 Å². The van der Waals surface area contributed by atoms with Gasteiger partial charge in [-0.1, -0.05) is 18.2 Å². The summed E-state index contributed by atoms with van der Waals surface area (Å²) in [5.41, 5.74) is 1.69. The van der Waals surface area contributed by atoms with Crippen LogP contribution in [0.15, 0.2) is 36.7 Å². The lowest BCUT2D eigenvalue weighted by atomic mass is 9.73. The molecule has 1 fully saturated rings. The van der Waals surface area contributed by atoms with E-state index in [1.54, 1.807) is 29.9 Å². The van der Waals surface area contributed by atoms with Gasteiger partial charge in [-0.15, -0.1) is 0 Å². The number of anilines is 1. The molecule has 0 radical (unpaired) electrons. The van der Waals surface area contributed by atoms with Crippen LogP contribution in [0.25, 0.3) is 0 Å². The number of aromatic nitrogens is 2. The number of rotatable bonds is 4. The Morgan fingerprint density at radius 1 is 1.28 bits per heavy atom. The number of hydrogen-bond donors (Lipinski definition) is 1. The second kappa shape index (κ2) is 7.02. The molecule has 8 nitrogen and oxygen atoms in total. The van der Waals surface area contributed by atoms with Crippen LogP contribution in [-0.4, -0.2) is 57.9 Å². The molecule has 0 bridgehead atoms. The molecule has 2 atom stereocenters. The van der Waals surface area contributed by atoms with Gasteiger partial charge in [0.2, 0.25) is 17.7 Å². The summed E-state index contributed by atoms with van der Waals surface area (Å²) in [4.78, 5) is 41.5. The molecule has 3 heterocycles. The van der Waals surface area contributed by atoms with Crippen LogP contribution in [0.4, 0.5) is 5.69 Å². The first kappa shape index (κ1) is 19.2. The molecule has 2 aromatic rings. The number of nitrogens with zero attached hydrogens (tertiary/aromatic N) is 4. The number of amides is 3. The van der Waals surface area contributed by atoms with Gasteiger partial charge in [-0.25, -0.2) is 0 Å². The number of para-hydroxylation sites is 1. The first-order valence-electron chi connectivity index (χ1n) is 9.73. The zero-order valence-electron chi connectivity index (χ0n) is 16.9. The monoisotopic (exact) mass is 395 g/mol. The molecule has 1 aromatic carbocycles. The van der Waals surface area contributed by atoms with E-state index in [2.05, 4.69) is 10.4 Å². The summed E-state index contributed by atoms with van der Waals surface area (Å²) in [6.45, 7) is 0.455. The molecule has 3 amide bonds. The van der Waals surface area contributed by atoms with Gasteiger partial charge in [-0.3, -0.25) is 19.1 Å². The van der Waals surface area contributed by atoms with Crippen molar-refractivity contribution in [3.8, 4) is 0 Å². The lowest BCUT2D eigenvalue weighted by Gasteiger charge is -2.33. The van der Waals surface area contributed by atoms with Crippen molar-refractivity contribution in [3.63, 3.8) is 0 Å². The van der Waals surface area contributed by atoms with Crippen LogP contribution in [0.1, 0.15) is 36.4 Å². The predicted molar refractivity (Wildman–Crippen MR) is 107 cm³/mol. The minimum Gasteiger partial charge on any atom is -0.349 e. The Balaban J connectivity index is 1.72. The van der Waals surface area contributed by atoms with Gasteiger partial charge in [-0.05, 0) is 18.1 Å². The third-order valence-electron chi connectivity index (χ3n) is 6.00. The Morgan fingerprint density at radius 3 is 2.72 bits per heavy atom. The molecule has 0 aliphatic carbocycles.